The topological polar surface area (TPSA) is 61.5 Å². The van der Waals surface area contributed by atoms with Crippen molar-refractivity contribution in [3.63, 3.8) is 0 Å². The molecule has 2 N–H and O–H groups in total. The molecule has 0 aliphatic heterocycles. The van der Waals surface area contributed by atoms with Crippen LogP contribution in [0.1, 0.15) is 24.9 Å². The molecule has 0 aromatic heterocycles. The molecule has 0 saturated carbocycles. The van der Waals surface area contributed by atoms with E-state index in [0.29, 0.717) is 24.7 Å². The summed E-state index contributed by atoms with van der Waals surface area (Å²) >= 11 is 0. The minimum absolute atomic E-state index is 0.195. The van der Waals surface area contributed by atoms with Crippen molar-refractivity contribution in [2.45, 2.75) is 19.4 Å². The highest BCUT2D eigenvalue weighted by molar-refractivity contribution is 7.85. The predicted octanol–water partition coefficient (Wildman–Crippen LogP) is 1.87. The zero-order chi connectivity index (χ0) is 14.1. The van der Waals surface area contributed by atoms with Gasteiger partial charge in [0.1, 0.15) is 5.75 Å². The fourth-order valence-electron chi connectivity index (χ4n) is 1.72. The summed E-state index contributed by atoms with van der Waals surface area (Å²) in [7, 11) is 0.750. The maximum absolute atomic E-state index is 11.8. The molecule has 1 aromatic rings. The molecule has 0 heterocycles. The SMILES string of the molecule is CCOc1ccc(C(N)CS(=O)CCCOC)cc1. The van der Waals surface area contributed by atoms with E-state index in [-0.39, 0.29) is 6.04 Å². The molecule has 4 nitrogen and oxygen atoms in total. The maximum Gasteiger partial charge on any atom is 0.119 e. The Morgan fingerprint density at radius 2 is 2.00 bits per heavy atom. The van der Waals surface area contributed by atoms with Gasteiger partial charge in [-0.25, -0.2) is 0 Å². The molecule has 1 aromatic carbocycles. The highest BCUT2D eigenvalue weighted by Crippen LogP contribution is 2.17. The molecule has 0 radical (unpaired) electrons. The van der Waals surface area contributed by atoms with Gasteiger partial charge in [0.05, 0.1) is 6.61 Å². The molecule has 0 fully saturated rings. The predicted molar refractivity (Wildman–Crippen MR) is 78.9 cm³/mol. The van der Waals surface area contributed by atoms with Crippen LogP contribution in [0.4, 0.5) is 0 Å². The Morgan fingerprint density at radius 1 is 1.32 bits per heavy atom. The number of hydrogen-bond donors (Lipinski definition) is 1. The van der Waals surface area contributed by atoms with Gasteiger partial charge in [0.2, 0.25) is 0 Å². The van der Waals surface area contributed by atoms with Crippen LogP contribution in [-0.4, -0.2) is 36.0 Å². The first-order valence-corrected chi connectivity index (χ1v) is 7.98. The van der Waals surface area contributed by atoms with Gasteiger partial charge in [-0.15, -0.1) is 0 Å². The van der Waals surface area contributed by atoms with Crippen LogP contribution in [0.5, 0.6) is 5.75 Å². The third-order valence-electron chi connectivity index (χ3n) is 2.71. The molecule has 5 heteroatoms. The van der Waals surface area contributed by atoms with E-state index in [0.717, 1.165) is 17.7 Å². The molecule has 1 rings (SSSR count). The van der Waals surface area contributed by atoms with Crippen molar-refractivity contribution in [3.05, 3.63) is 29.8 Å². The Labute approximate surface area is 117 Å². The second-order valence-electron chi connectivity index (χ2n) is 4.27. The zero-order valence-electron chi connectivity index (χ0n) is 11.6. The first-order chi connectivity index (χ1) is 9.17. The van der Waals surface area contributed by atoms with E-state index < -0.39 is 10.8 Å². The largest absolute Gasteiger partial charge is 0.494 e. The number of ether oxygens (including phenoxy) is 2. The van der Waals surface area contributed by atoms with E-state index in [4.69, 9.17) is 15.2 Å². The van der Waals surface area contributed by atoms with Gasteiger partial charge in [-0.3, -0.25) is 4.21 Å². The van der Waals surface area contributed by atoms with E-state index in [1.165, 1.54) is 0 Å². The molecular formula is C14H23NO3S. The minimum Gasteiger partial charge on any atom is -0.494 e. The summed E-state index contributed by atoms with van der Waals surface area (Å²) in [5.41, 5.74) is 7.05. The second-order valence-corrected chi connectivity index (χ2v) is 5.89. The summed E-state index contributed by atoms with van der Waals surface area (Å²) < 4.78 is 22.1. The quantitative estimate of drug-likeness (QED) is 0.704. The van der Waals surface area contributed by atoms with Crippen LogP contribution in [0.15, 0.2) is 24.3 Å². The lowest BCUT2D eigenvalue weighted by Crippen LogP contribution is -2.20. The number of rotatable bonds is 9. The Bertz CT molecular complexity index is 381. The Morgan fingerprint density at radius 3 is 2.58 bits per heavy atom. The van der Waals surface area contributed by atoms with Gasteiger partial charge in [-0.2, -0.15) is 0 Å². The van der Waals surface area contributed by atoms with Gasteiger partial charge in [-0.1, -0.05) is 12.1 Å². The fraction of sp³-hybridized carbons (Fsp3) is 0.571. The van der Waals surface area contributed by atoms with Crippen LogP contribution in [0, 0.1) is 0 Å². The van der Waals surface area contributed by atoms with Gasteiger partial charge in [0.15, 0.2) is 0 Å². The van der Waals surface area contributed by atoms with Gasteiger partial charge < -0.3 is 15.2 Å². The van der Waals surface area contributed by atoms with E-state index in [1.54, 1.807) is 7.11 Å². The van der Waals surface area contributed by atoms with E-state index in [2.05, 4.69) is 0 Å². The van der Waals surface area contributed by atoms with Crippen molar-refractivity contribution in [1.29, 1.82) is 0 Å². The van der Waals surface area contributed by atoms with Gasteiger partial charge in [0.25, 0.3) is 0 Å². The summed E-state index contributed by atoms with van der Waals surface area (Å²) in [5, 5.41) is 0. The van der Waals surface area contributed by atoms with Crippen molar-refractivity contribution in [2.75, 3.05) is 31.8 Å². The van der Waals surface area contributed by atoms with E-state index in [1.807, 2.05) is 31.2 Å². The summed E-state index contributed by atoms with van der Waals surface area (Å²) in [5.74, 6) is 1.95. The zero-order valence-corrected chi connectivity index (χ0v) is 12.4. The van der Waals surface area contributed by atoms with Crippen LogP contribution < -0.4 is 10.5 Å². The van der Waals surface area contributed by atoms with Crippen molar-refractivity contribution < 1.29 is 13.7 Å². The molecule has 0 bridgehead atoms. The first-order valence-electron chi connectivity index (χ1n) is 6.49. The Balaban J connectivity index is 2.43. The lowest BCUT2D eigenvalue weighted by molar-refractivity contribution is 0.200. The summed E-state index contributed by atoms with van der Waals surface area (Å²) in [6.45, 7) is 3.24. The van der Waals surface area contributed by atoms with Crippen LogP contribution in [0.2, 0.25) is 0 Å². The molecule has 0 saturated heterocycles. The molecule has 0 aliphatic rings. The van der Waals surface area contributed by atoms with Gasteiger partial charge >= 0.3 is 0 Å². The molecule has 0 spiro atoms. The van der Waals surface area contributed by atoms with Crippen molar-refractivity contribution >= 4 is 10.8 Å². The Kier molecular flexibility index (Phi) is 7.70. The van der Waals surface area contributed by atoms with Crippen molar-refractivity contribution in [3.8, 4) is 5.75 Å². The lowest BCUT2D eigenvalue weighted by atomic mass is 10.1. The van der Waals surface area contributed by atoms with E-state index in [9.17, 15) is 4.21 Å². The normalized spacial score (nSPS) is 14.1. The fourth-order valence-corrected chi connectivity index (χ4v) is 2.92. The third-order valence-corrected chi connectivity index (χ3v) is 4.18. The maximum atomic E-state index is 11.8. The highest BCUT2D eigenvalue weighted by Gasteiger charge is 2.10. The van der Waals surface area contributed by atoms with Crippen LogP contribution in [0.3, 0.4) is 0 Å². The standard InChI is InChI=1S/C14H23NO3S/c1-3-18-13-7-5-12(6-8-13)14(15)11-19(16)10-4-9-17-2/h5-8,14H,3-4,9-11,15H2,1-2H3. The molecule has 0 amide bonds. The number of nitrogens with two attached hydrogens (primary N) is 1. The lowest BCUT2D eigenvalue weighted by Gasteiger charge is -2.12. The smallest absolute Gasteiger partial charge is 0.119 e. The number of benzene rings is 1. The average Bonchev–Trinajstić information content (AvgIpc) is 2.40. The van der Waals surface area contributed by atoms with Crippen molar-refractivity contribution in [1.82, 2.24) is 0 Å². The summed E-state index contributed by atoms with van der Waals surface area (Å²) in [6, 6.07) is 7.46. The molecule has 19 heavy (non-hydrogen) atoms. The second kappa shape index (κ2) is 9.07. The molecule has 2 atom stereocenters. The first kappa shape index (κ1) is 16.1. The number of hydrogen-bond acceptors (Lipinski definition) is 4. The molecule has 108 valence electrons. The third kappa shape index (κ3) is 6.18. The minimum atomic E-state index is -0.897. The highest BCUT2D eigenvalue weighted by atomic mass is 32.2. The van der Waals surface area contributed by atoms with Gasteiger partial charge in [-0.05, 0) is 31.0 Å². The summed E-state index contributed by atoms with van der Waals surface area (Å²) in [6.07, 6.45) is 0.805. The van der Waals surface area contributed by atoms with Crippen LogP contribution in [0.25, 0.3) is 0 Å². The van der Waals surface area contributed by atoms with Crippen LogP contribution >= 0.6 is 0 Å². The van der Waals surface area contributed by atoms with E-state index >= 15 is 0 Å². The number of methoxy groups -OCH3 is 1. The van der Waals surface area contributed by atoms with Crippen molar-refractivity contribution in [2.24, 2.45) is 5.73 Å². The molecule has 0 aliphatic carbocycles. The molecule has 2 unspecified atom stereocenters. The van der Waals surface area contributed by atoms with Crippen LogP contribution in [-0.2, 0) is 15.5 Å². The average molecular weight is 285 g/mol. The summed E-state index contributed by atoms with van der Waals surface area (Å²) in [4.78, 5) is 0. The Hall–Kier alpha value is -0.910. The molecular weight excluding hydrogens is 262 g/mol. The monoisotopic (exact) mass is 285 g/mol. The van der Waals surface area contributed by atoms with Gasteiger partial charge in [0, 0.05) is 42.1 Å².